The van der Waals surface area contributed by atoms with Gasteiger partial charge in [0.15, 0.2) is 0 Å². The normalized spacial score (nSPS) is 12.5. The van der Waals surface area contributed by atoms with Crippen molar-refractivity contribution >= 4 is 18.4 Å². The molecule has 1 atom stereocenters. The molecule has 11 heavy (non-hydrogen) atoms. The fourth-order valence-corrected chi connectivity index (χ4v) is 0.440. The van der Waals surface area contributed by atoms with Gasteiger partial charge in [0.2, 0.25) is 0 Å². The molecule has 0 aliphatic carbocycles. The fraction of sp³-hybridized carbons (Fsp3) is 0.500. The number of halogens is 1. The molecule has 0 aromatic heterocycles. The first kappa shape index (κ1) is 13.0. The summed E-state index contributed by atoms with van der Waals surface area (Å²) in [6.45, 7) is 0.423. The second-order valence-electron chi connectivity index (χ2n) is 1.89. The van der Waals surface area contributed by atoms with E-state index in [4.69, 9.17) is 16.6 Å². The fourth-order valence-electron chi connectivity index (χ4n) is 0.440. The Labute approximate surface area is 71.7 Å². The van der Waals surface area contributed by atoms with Crippen LogP contribution >= 0.6 is 12.4 Å². The predicted molar refractivity (Wildman–Crippen MR) is 45.7 cm³/mol. The summed E-state index contributed by atoms with van der Waals surface area (Å²) in [5, 5.41) is 8.29. The van der Waals surface area contributed by atoms with Gasteiger partial charge in [0, 0.05) is 6.54 Å². The lowest BCUT2D eigenvalue weighted by atomic mass is 10.2. The van der Waals surface area contributed by atoms with Crippen LogP contribution in [0.15, 0.2) is 12.2 Å². The molecule has 0 aromatic rings. The minimum absolute atomic E-state index is 0. The second kappa shape index (κ2) is 7.53. The van der Waals surface area contributed by atoms with E-state index in [9.17, 15) is 4.79 Å². The van der Waals surface area contributed by atoms with Gasteiger partial charge >= 0.3 is 5.97 Å². The maximum Gasteiger partial charge on any atom is 0.320 e. The highest BCUT2D eigenvalue weighted by Crippen LogP contribution is 1.88. The third-order valence-corrected chi connectivity index (χ3v) is 1.01. The first-order valence-electron chi connectivity index (χ1n) is 3.02. The van der Waals surface area contributed by atoms with Gasteiger partial charge in [-0.05, 0) is 6.42 Å². The molecule has 66 valence electrons. The van der Waals surface area contributed by atoms with Gasteiger partial charge in [0.1, 0.15) is 6.04 Å². The molecule has 0 aromatic carbocycles. The van der Waals surface area contributed by atoms with E-state index < -0.39 is 12.0 Å². The number of rotatable bonds is 4. The highest BCUT2D eigenvalue weighted by atomic mass is 35.5. The van der Waals surface area contributed by atoms with Crippen LogP contribution in [0.25, 0.3) is 0 Å². The Hall–Kier alpha value is -0.580. The molecule has 5 N–H and O–H groups in total. The molecule has 0 saturated carbocycles. The van der Waals surface area contributed by atoms with Gasteiger partial charge in [-0.15, -0.1) is 12.4 Å². The average Bonchev–Trinajstić information content (AvgIpc) is 1.88. The molecule has 5 heteroatoms. The third-order valence-electron chi connectivity index (χ3n) is 1.01. The van der Waals surface area contributed by atoms with Crippen molar-refractivity contribution in [2.24, 2.45) is 11.5 Å². The zero-order valence-corrected chi connectivity index (χ0v) is 6.88. The summed E-state index contributed by atoms with van der Waals surface area (Å²) in [6.07, 6.45) is 3.69. The van der Waals surface area contributed by atoms with Crippen LogP contribution in [0, 0.1) is 0 Å². The molecule has 0 rings (SSSR count). The van der Waals surface area contributed by atoms with Crippen molar-refractivity contribution in [3.63, 3.8) is 0 Å². The topological polar surface area (TPSA) is 89.3 Å². The van der Waals surface area contributed by atoms with Gasteiger partial charge in [0.25, 0.3) is 0 Å². The molecule has 1 unspecified atom stereocenters. The second-order valence-corrected chi connectivity index (χ2v) is 1.89. The quantitative estimate of drug-likeness (QED) is 0.520. The number of nitrogens with two attached hydrogens (primary N) is 2. The van der Waals surface area contributed by atoms with Crippen molar-refractivity contribution in [2.45, 2.75) is 12.5 Å². The van der Waals surface area contributed by atoms with Crippen LogP contribution in [0.3, 0.4) is 0 Å². The van der Waals surface area contributed by atoms with Gasteiger partial charge in [-0.1, -0.05) is 12.2 Å². The van der Waals surface area contributed by atoms with Gasteiger partial charge in [-0.2, -0.15) is 0 Å². The van der Waals surface area contributed by atoms with Crippen LogP contribution in [-0.4, -0.2) is 23.7 Å². The zero-order chi connectivity index (χ0) is 7.98. The van der Waals surface area contributed by atoms with Crippen LogP contribution in [0.2, 0.25) is 0 Å². The summed E-state index contributed by atoms with van der Waals surface area (Å²) in [5.41, 5.74) is 10.3. The largest absolute Gasteiger partial charge is 0.480 e. The van der Waals surface area contributed by atoms with E-state index in [1.54, 1.807) is 12.2 Å². The summed E-state index contributed by atoms with van der Waals surface area (Å²) in [6, 6.07) is -0.803. The molecule has 0 bridgehead atoms. The maximum absolute atomic E-state index is 10.1. The smallest absolute Gasteiger partial charge is 0.320 e. The first-order valence-corrected chi connectivity index (χ1v) is 3.02. The van der Waals surface area contributed by atoms with E-state index in [0.29, 0.717) is 13.0 Å². The standard InChI is InChI=1S/C6H12N2O2.ClH/c7-4-2-1-3-5(8)6(9)10;/h1-2,5H,3-4,7-8H2,(H,9,10);1H/b2-1+;. The monoisotopic (exact) mass is 180 g/mol. The van der Waals surface area contributed by atoms with Gasteiger partial charge in [0.05, 0.1) is 0 Å². The zero-order valence-electron chi connectivity index (χ0n) is 6.06. The van der Waals surface area contributed by atoms with Crippen molar-refractivity contribution in [3.05, 3.63) is 12.2 Å². The van der Waals surface area contributed by atoms with Crippen LogP contribution in [0.5, 0.6) is 0 Å². The summed E-state index contributed by atoms with van der Waals surface area (Å²) in [4.78, 5) is 10.1. The Kier molecular flexibility index (Phi) is 8.92. The summed E-state index contributed by atoms with van der Waals surface area (Å²) in [5.74, 6) is -0.985. The molecule has 0 radical (unpaired) electrons. The molecule has 0 spiro atoms. The number of carboxylic acid groups (broad SMARTS) is 1. The Bertz CT molecular complexity index is 139. The Morgan fingerprint density at radius 3 is 2.45 bits per heavy atom. The Morgan fingerprint density at radius 1 is 1.55 bits per heavy atom. The predicted octanol–water partition coefficient (Wildman–Crippen LogP) is -0.275. The third kappa shape index (κ3) is 7.32. The van der Waals surface area contributed by atoms with Crippen molar-refractivity contribution in [2.75, 3.05) is 6.54 Å². The molecule has 0 saturated heterocycles. The van der Waals surface area contributed by atoms with Gasteiger partial charge in [-0.25, -0.2) is 0 Å². The van der Waals surface area contributed by atoms with E-state index in [1.165, 1.54) is 0 Å². The van der Waals surface area contributed by atoms with E-state index in [1.807, 2.05) is 0 Å². The molecule has 0 aliphatic rings. The lowest BCUT2D eigenvalue weighted by molar-refractivity contribution is -0.138. The SMILES string of the molecule is Cl.NC/C=C/CC(N)C(=O)O. The number of carbonyl (C=O) groups is 1. The molecular formula is C6H13ClN2O2. The van der Waals surface area contributed by atoms with E-state index >= 15 is 0 Å². The number of hydrogen-bond donors (Lipinski definition) is 3. The Balaban J connectivity index is 0. The van der Waals surface area contributed by atoms with Gasteiger partial charge < -0.3 is 16.6 Å². The summed E-state index contributed by atoms with van der Waals surface area (Å²) in [7, 11) is 0. The number of aliphatic carboxylic acids is 1. The van der Waals surface area contributed by atoms with Crippen molar-refractivity contribution in [1.82, 2.24) is 0 Å². The van der Waals surface area contributed by atoms with Crippen LogP contribution in [0.4, 0.5) is 0 Å². The van der Waals surface area contributed by atoms with Crippen LogP contribution in [0.1, 0.15) is 6.42 Å². The maximum atomic E-state index is 10.1. The van der Waals surface area contributed by atoms with Crippen molar-refractivity contribution in [1.29, 1.82) is 0 Å². The minimum atomic E-state index is -0.985. The van der Waals surface area contributed by atoms with Crippen molar-refractivity contribution < 1.29 is 9.90 Å². The highest BCUT2D eigenvalue weighted by molar-refractivity contribution is 5.85. The molecule has 0 heterocycles. The van der Waals surface area contributed by atoms with E-state index in [2.05, 4.69) is 0 Å². The van der Waals surface area contributed by atoms with Crippen LogP contribution < -0.4 is 11.5 Å². The summed E-state index contributed by atoms with van der Waals surface area (Å²) < 4.78 is 0. The summed E-state index contributed by atoms with van der Waals surface area (Å²) >= 11 is 0. The van der Waals surface area contributed by atoms with Gasteiger partial charge in [-0.3, -0.25) is 4.79 Å². The van der Waals surface area contributed by atoms with Crippen LogP contribution in [-0.2, 0) is 4.79 Å². The average molecular weight is 181 g/mol. The molecule has 0 aliphatic heterocycles. The van der Waals surface area contributed by atoms with Crippen molar-refractivity contribution in [3.8, 4) is 0 Å². The first-order chi connectivity index (χ1) is 4.68. The molecule has 0 fully saturated rings. The minimum Gasteiger partial charge on any atom is -0.480 e. The van der Waals surface area contributed by atoms with E-state index in [0.717, 1.165) is 0 Å². The number of hydrogen-bond acceptors (Lipinski definition) is 3. The Morgan fingerprint density at radius 2 is 2.09 bits per heavy atom. The highest BCUT2D eigenvalue weighted by Gasteiger charge is 2.07. The molecular weight excluding hydrogens is 168 g/mol. The molecule has 0 amide bonds. The van der Waals surface area contributed by atoms with E-state index in [-0.39, 0.29) is 12.4 Å². The lowest BCUT2D eigenvalue weighted by Crippen LogP contribution is -2.29. The lowest BCUT2D eigenvalue weighted by Gasteiger charge is -1.99. The molecule has 4 nitrogen and oxygen atoms in total. The number of carboxylic acids is 1.